The van der Waals surface area contributed by atoms with Gasteiger partial charge in [-0.1, -0.05) is 19.1 Å². The minimum absolute atomic E-state index is 0.185. The first-order chi connectivity index (χ1) is 6.98. The Hall–Kier alpha value is -1.42. The third-order valence-corrected chi connectivity index (χ3v) is 2.43. The summed E-state index contributed by atoms with van der Waals surface area (Å²) in [5.41, 5.74) is -0.242. The number of hydrogen-bond donors (Lipinski definition) is 2. The lowest BCUT2D eigenvalue weighted by atomic mass is 9.80. The van der Waals surface area contributed by atoms with Gasteiger partial charge in [-0.2, -0.15) is 0 Å². The summed E-state index contributed by atoms with van der Waals surface area (Å²) in [5.74, 6) is -1.37. The first-order valence-electron chi connectivity index (χ1n) is 4.56. The second kappa shape index (κ2) is 4.40. The highest BCUT2D eigenvalue weighted by Gasteiger charge is 2.28. The van der Waals surface area contributed by atoms with Crippen molar-refractivity contribution in [2.45, 2.75) is 18.8 Å². The van der Waals surface area contributed by atoms with Crippen LogP contribution in [0, 0.1) is 5.82 Å². The fourth-order valence-electron chi connectivity index (χ4n) is 1.44. The van der Waals surface area contributed by atoms with E-state index in [1.165, 1.54) is 24.3 Å². The van der Waals surface area contributed by atoms with Gasteiger partial charge < -0.3 is 10.2 Å². The molecule has 0 radical (unpaired) electrons. The summed E-state index contributed by atoms with van der Waals surface area (Å²) in [6.07, 6.45) is -0.185. The number of aliphatic carboxylic acids is 1. The molecule has 0 heterocycles. The number of aliphatic hydroxyl groups is 1. The lowest BCUT2D eigenvalue weighted by molar-refractivity contribution is -0.138. The van der Waals surface area contributed by atoms with Gasteiger partial charge in [-0.3, -0.25) is 4.79 Å². The highest BCUT2D eigenvalue weighted by molar-refractivity contribution is 5.69. The average molecular weight is 212 g/mol. The van der Waals surface area contributed by atoms with Gasteiger partial charge in [-0.15, -0.1) is 0 Å². The predicted octanol–water partition coefficient (Wildman–Crippen LogP) is 1.55. The molecule has 4 heteroatoms. The van der Waals surface area contributed by atoms with Crippen molar-refractivity contribution >= 4 is 5.97 Å². The van der Waals surface area contributed by atoms with Crippen molar-refractivity contribution in [1.29, 1.82) is 0 Å². The van der Waals surface area contributed by atoms with E-state index in [2.05, 4.69) is 0 Å². The molecule has 0 fully saturated rings. The van der Waals surface area contributed by atoms with Crippen molar-refractivity contribution in [2.75, 3.05) is 6.61 Å². The van der Waals surface area contributed by atoms with Crippen LogP contribution in [-0.4, -0.2) is 22.8 Å². The van der Waals surface area contributed by atoms with Crippen LogP contribution < -0.4 is 0 Å². The molecule has 82 valence electrons. The van der Waals surface area contributed by atoms with E-state index in [0.717, 1.165) is 0 Å². The predicted molar refractivity (Wildman–Crippen MR) is 53.1 cm³/mol. The van der Waals surface area contributed by atoms with Gasteiger partial charge in [0, 0.05) is 5.41 Å². The van der Waals surface area contributed by atoms with Crippen LogP contribution in [0.3, 0.4) is 0 Å². The Morgan fingerprint density at radius 2 is 1.93 bits per heavy atom. The molecular formula is C11H13FO3. The first kappa shape index (κ1) is 11.7. The average Bonchev–Trinajstić information content (AvgIpc) is 2.17. The molecule has 1 unspecified atom stereocenters. The molecule has 1 aromatic carbocycles. The van der Waals surface area contributed by atoms with Crippen molar-refractivity contribution < 1.29 is 19.4 Å². The summed E-state index contributed by atoms with van der Waals surface area (Å²) in [5, 5.41) is 17.9. The van der Waals surface area contributed by atoms with Gasteiger partial charge >= 0.3 is 5.97 Å². The molecule has 0 amide bonds. The third-order valence-electron chi connectivity index (χ3n) is 2.43. The van der Waals surface area contributed by atoms with Crippen LogP contribution in [0.15, 0.2) is 24.3 Å². The van der Waals surface area contributed by atoms with Gasteiger partial charge in [0.15, 0.2) is 0 Å². The smallest absolute Gasteiger partial charge is 0.304 e. The number of halogens is 1. The monoisotopic (exact) mass is 212 g/mol. The molecule has 0 aliphatic rings. The quantitative estimate of drug-likeness (QED) is 0.796. The first-order valence-corrected chi connectivity index (χ1v) is 4.56. The fraction of sp³-hybridized carbons (Fsp3) is 0.364. The summed E-state index contributed by atoms with van der Waals surface area (Å²) >= 11 is 0. The Balaban J connectivity index is 3.00. The fourth-order valence-corrected chi connectivity index (χ4v) is 1.44. The Kier molecular flexibility index (Phi) is 3.42. The second-order valence-electron chi connectivity index (χ2n) is 3.80. The molecule has 2 N–H and O–H groups in total. The van der Waals surface area contributed by atoms with Gasteiger partial charge in [0.25, 0.3) is 0 Å². The SMILES string of the molecule is CC(CO)(CC(=O)O)c1ccc(F)cc1. The van der Waals surface area contributed by atoms with Crippen LogP contribution in [0.25, 0.3) is 0 Å². The maximum Gasteiger partial charge on any atom is 0.304 e. The second-order valence-corrected chi connectivity index (χ2v) is 3.80. The zero-order valence-electron chi connectivity index (χ0n) is 8.40. The molecule has 0 aliphatic heterocycles. The van der Waals surface area contributed by atoms with E-state index in [9.17, 15) is 14.3 Å². The summed E-state index contributed by atoms with van der Waals surface area (Å²) in [6.45, 7) is 1.35. The molecular weight excluding hydrogens is 199 g/mol. The number of carboxylic acid groups (broad SMARTS) is 1. The van der Waals surface area contributed by atoms with E-state index < -0.39 is 11.4 Å². The molecule has 0 bridgehead atoms. The van der Waals surface area contributed by atoms with Crippen molar-refractivity contribution in [3.63, 3.8) is 0 Å². The lowest BCUT2D eigenvalue weighted by Gasteiger charge is -2.25. The molecule has 1 atom stereocenters. The van der Waals surface area contributed by atoms with Gasteiger partial charge in [0.1, 0.15) is 5.82 Å². The molecule has 0 spiro atoms. The number of aliphatic hydroxyl groups excluding tert-OH is 1. The van der Waals surface area contributed by atoms with Crippen LogP contribution >= 0.6 is 0 Å². The van der Waals surface area contributed by atoms with E-state index in [1.807, 2.05) is 0 Å². The van der Waals surface area contributed by atoms with Crippen LogP contribution in [0.2, 0.25) is 0 Å². The topological polar surface area (TPSA) is 57.5 Å². The molecule has 0 aliphatic carbocycles. The van der Waals surface area contributed by atoms with Gasteiger partial charge in [-0.05, 0) is 17.7 Å². The van der Waals surface area contributed by atoms with E-state index in [4.69, 9.17) is 5.11 Å². The number of carbonyl (C=O) groups is 1. The van der Waals surface area contributed by atoms with Gasteiger partial charge in [0.05, 0.1) is 13.0 Å². The third kappa shape index (κ3) is 2.76. The van der Waals surface area contributed by atoms with E-state index in [-0.39, 0.29) is 18.8 Å². The molecule has 1 aromatic rings. The highest BCUT2D eigenvalue weighted by Crippen LogP contribution is 2.27. The number of benzene rings is 1. The summed E-state index contributed by atoms with van der Waals surface area (Å²) in [4.78, 5) is 10.6. The van der Waals surface area contributed by atoms with E-state index in [0.29, 0.717) is 5.56 Å². The van der Waals surface area contributed by atoms with E-state index in [1.54, 1.807) is 6.92 Å². The zero-order chi connectivity index (χ0) is 11.5. The molecule has 0 aromatic heterocycles. The van der Waals surface area contributed by atoms with Crippen molar-refractivity contribution in [1.82, 2.24) is 0 Å². The van der Waals surface area contributed by atoms with Crippen LogP contribution in [0.4, 0.5) is 4.39 Å². The van der Waals surface area contributed by atoms with Crippen LogP contribution in [0.1, 0.15) is 18.9 Å². The summed E-state index contributed by atoms with van der Waals surface area (Å²) in [6, 6.07) is 5.50. The Bertz CT molecular complexity index is 347. The number of carboxylic acids is 1. The molecule has 0 saturated heterocycles. The normalized spacial score (nSPS) is 14.6. The molecule has 3 nitrogen and oxygen atoms in total. The molecule has 1 rings (SSSR count). The highest BCUT2D eigenvalue weighted by atomic mass is 19.1. The Morgan fingerprint density at radius 1 is 1.40 bits per heavy atom. The van der Waals surface area contributed by atoms with Crippen LogP contribution in [-0.2, 0) is 10.2 Å². The maximum absolute atomic E-state index is 12.7. The maximum atomic E-state index is 12.7. The minimum Gasteiger partial charge on any atom is -0.481 e. The summed E-state index contributed by atoms with van der Waals surface area (Å²) < 4.78 is 12.7. The van der Waals surface area contributed by atoms with E-state index >= 15 is 0 Å². The van der Waals surface area contributed by atoms with Crippen molar-refractivity contribution in [3.05, 3.63) is 35.6 Å². The van der Waals surface area contributed by atoms with Gasteiger partial charge in [0.2, 0.25) is 0 Å². The van der Waals surface area contributed by atoms with Gasteiger partial charge in [-0.25, -0.2) is 4.39 Å². The lowest BCUT2D eigenvalue weighted by Crippen LogP contribution is -2.29. The Labute approximate surface area is 87.2 Å². The molecule has 0 saturated carbocycles. The number of rotatable bonds is 4. The zero-order valence-corrected chi connectivity index (χ0v) is 8.40. The molecule has 15 heavy (non-hydrogen) atoms. The Morgan fingerprint density at radius 3 is 2.33 bits per heavy atom. The van der Waals surface area contributed by atoms with Crippen LogP contribution in [0.5, 0.6) is 0 Å². The standard InChI is InChI=1S/C11H13FO3/c1-11(7-13,6-10(14)15)8-2-4-9(12)5-3-8/h2-5,13H,6-7H2,1H3,(H,14,15). The number of hydrogen-bond acceptors (Lipinski definition) is 2. The summed E-state index contributed by atoms with van der Waals surface area (Å²) in [7, 11) is 0. The largest absolute Gasteiger partial charge is 0.481 e. The van der Waals surface area contributed by atoms with Crippen molar-refractivity contribution in [3.8, 4) is 0 Å². The minimum atomic E-state index is -0.990. The van der Waals surface area contributed by atoms with Crippen molar-refractivity contribution in [2.24, 2.45) is 0 Å².